The fourth-order valence-electron chi connectivity index (χ4n) is 0.842. The van der Waals surface area contributed by atoms with Crippen LogP contribution < -0.4 is 5.32 Å². The second-order valence-electron chi connectivity index (χ2n) is 2.25. The lowest BCUT2D eigenvalue weighted by Gasteiger charge is -2.00. The minimum Gasteiger partial charge on any atom is -0.354 e. The Balaban J connectivity index is 0.00000121. The standard InChI is InChI=1S/C8H10N2O.CH4/c1-6-4-3-5-10-7(6)8(11)9-2;/h3-5H,1-2H3,(H,9,11);1H4. The van der Waals surface area contributed by atoms with Gasteiger partial charge in [0.2, 0.25) is 0 Å². The van der Waals surface area contributed by atoms with Crippen molar-refractivity contribution < 1.29 is 4.79 Å². The van der Waals surface area contributed by atoms with Crippen LogP contribution in [0.1, 0.15) is 23.5 Å². The van der Waals surface area contributed by atoms with Crippen LogP contribution in [0, 0.1) is 6.92 Å². The molecule has 1 rings (SSSR count). The predicted octanol–water partition coefficient (Wildman–Crippen LogP) is 1.39. The highest BCUT2D eigenvalue weighted by Gasteiger charge is 2.05. The number of hydrogen-bond acceptors (Lipinski definition) is 2. The summed E-state index contributed by atoms with van der Waals surface area (Å²) >= 11 is 0. The van der Waals surface area contributed by atoms with Crippen molar-refractivity contribution in [2.75, 3.05) is 7.05 Å². The molecule has 1 heterocycles. The molecule has 0 radical (unpaired) electrons. The quantitative estimate of drug-likeness (QED) is 0.685. The van der Waals surface area contributed by atoms with Crippen LogP contribution in [0.15, 0.2) is 18.3 Å². The van der Waals surface area contributed by atoms with Crippen molar-refractivity contribution >= 4 is 5.91 Å². The number of pyridine rings is 1. The maximum atomic E-state index is 11.1. The van der Waals surface area contributed by atoms with Crippen LogP contribution in [-0.2, 0) is 0 Å². The highest BCUT2D eigenvalue weighted by Crippen LogP contribution is 2.01. The van der Waals surface area contributed by atoms with Crippen LogP contribution in [0.25, 0.3) is 0 Å². The number of carbonyl (C=O) groups is 1. The summed E-state index contributed by atoms with van der Waals surface area (Å²) in [6, 6.07) is 3.67. The zero-order valence-electron chi connectivity index (χ0n) is 6.59. The summed E-state index contributed by atoms with van der Waals surface area (Å²) in [6.07, 6.45) is 1.61. The molecule has 3 heteroatoms. The number of carbonyl (C=O) groups excluding carboxylic acids is 1. The van der Waals surface area contributed by atoms with E-state index in [0.29, 0.717) is 5.69 Å². The van der Waals surface area contributed by atoms with E-state index in [1.165, 1.54) is 0 Å². The van der Waals surface area contributed by atoms with E-state index < -0.39 is 0 Å². The Morgan fingerprint density at radius 2 is 2.25 bits per heavy atom. The third-order valence-electron chi connectivity index (χ3n) is 1.45. The summed E-state index contributed by atoms with van der Waals surface area (Å²) in [4.78, 5) is 15.0. The number of nitrogens with one attached hydrogen (secondary N) is 1. The third kappa shape index (κ3) is 2.05. The summed E-state index contributed by atoms with van der Waals surface area (Å²) in [5.41, 5.74) is 1.39. The molecule has 0 aliphatic carbocycles. The Hall–Kier alpha value is -1.38. The molecule has 0 atom stereocenters. The summed E-state index contributed by atoms with van der Waals surface area (Å²) in [5, 5.41) is 2.52. The highest BCUT2D eigenvalue weighted by molar-refractivity contribution is 5.93. The van der Waals surface area contributed by atoms with Crippen LogP contribution in [0.4, 0.5) is 0 Å². The van der Waals surface area contributed by atoms with Gasteiger partial charge in [-0.05, 0) is 18.6 Å². The molecule has 1 aromatic heterocycles. The number of aromatic nitrogens is 1. The third-order valence-corrected chi connectivity index (χ3v) is 1.45. The van der Waals surface area contributed by atoms with Gasteiger partial charge in [0.25, 0.3) is 5.91 Å². The lowest BCUT2D eigenvalue weighted by Crippen LogP contribution is -2.20. The van der Waals surface area contributed by atoms with E-state index >= 15 is 0 Å². The molecule has 0 unspecified atom stereocenters. The van der Waals surface area contributed by atoms with Crippen molar-refractivity contribution in [3.05, 3.63) is 29.6 Å². The number of aryl methyl sites for hydroxylation is 1. The van der Waals surface area contributed by atoms with Crippen LogP contribution in [0.3, 0.4) is 0 Å². The van der Waals surface area contributed by atoms with Crippen molar-refractivity contribution in [1.82, 2.24) is 10.3 Å². The van der Waals surface area contributed by atoms with Gasteiger partial charge < -0.3 is 5.32 Å². The molecule has 0 spiro atoms. The van der Waals surface area contributed by atoms with Crippen molar-refractivity contribution in [3.8, 4) is 0 Å². The molecule has 0 saturated heterocycles. The smallest absolute Gasteiger partial charge is 0.269 e. The Morgan fingerprint density at radius 3 is 2.75 bits per heavy atom. The Kier molecular flexibility index (Phi) is 3.97. The minimum atomic E-state index is -0.136. The van der Waals surface area contributed by atoms with Gasteiger partial charge in [-0.25, -0.2) is 0 Å². The van der Waals surface area contributed by atoms with Crippen LogP contribution in [0.5, 0.6) is 0 Å². The summed E-state index contributed by atoms with van der Waals surface area (Å²) in [7, 11) is 1.59. The second-order valence-corrected chi connectivity index (χ2v) is 2.25. The molecule has 1 N–H and O–H groups in total. The first-order valence-electron chi connectivity index (χ1n) is 3.39. The van der Waals surface area contributed by atoms with E-state index in [4.69, 9.17) is 0 Å². The summed E-state index contributed by atoms with van der Waals surface area (Å²) < 4.78 is 0. The van der Waals surface area contributed by atoms with Gasteiger partial charge in [0.15, 0.2) is 0 Å². The number of nitrogens with zero attached hydrogens (tertiary/aromatic N) is 1. The Morgan fingerprint density at radius 1 is 1.58 bits per heavy atom. The molecule has 0 bridgehead atoms. The topological polar surface area (TPSA) is 42.0 Å². The first kappa shape index (κ1) is 10.6. The van der Waals surface area contributed by atoms with Crippen molar-refractivity contribution in [1.29, 1.82) is 0 Å². The number of hydrogen-bond donors (Lipinski definition) is 1. The van der Waals surface area contributed by atoms with E-state index in [1.54, 1.807) is 13.2 Å². The lowest BCUT2D eigenvalue weighted by atomic mass is 10.2. The molecule has 0 aliphatic rings. The molecule has 0 saturated carbocycles. The first-order valence-corrected chi connectivity index (χ1v) is 3.39. The van der Waals surface area contributed by atoms with Crippen molar-refractivity contribution in [3.63, 3.8) is 0 Å². The van der Waals surface area contributed by atoms with Gasteiger partial charge >= 0.3 is 0 Å². The molecular weight excluding hydrogens is 152 g/mol. The molecule has 1 amide bonds. The van der Waals surface area contributed by atoms with Gasteiger partial charge in [0.05, 0.1) is 0 Å². The average Bonchev–Trinajstić information content (AvgIpc) is 2.04. The fourth-order valence-corrected chi connectivity index (χ4v) is 0.842. The molecule has 12 heavy (non-hydrogen) atoms. The number of rotatable bonds is 1. The first-order chi connectivity index (χ1) is 5.25. The van der Waals surface area contributed by atoms with Gasteiger partial charge in [-0.15, -0.1) is 0 Å². The van der Waals surface area contributed by atoms with Gasteiger partial charge in [-0.3, -0.25) is 9.78 Å². The molecule has 0 aliphatic heterocycles. The maximum Gasteiger partial charge on any atom is 0.269 e. The summed E-state index contributed by atoms with van der Waals surface area (Å²) in [5.74, 6) is -0.136. The van der Waals surface area contributed by atoms with Crippen LogP contribution in [-0.4, -0.2) is 17.9 Å². The Bertz CT molecular complexity index is 271. The van der Waals surface area contributed by atoms with E-state index in [0.717, 1.165) is 5.56 Å². The van der Waals surface area contributed by atoms with E-state index in [1.807, 2.05) is 19.1 Å². The van der Waals surface area contributed by atoms with Crippen LogP contribution >= 0.6 is 0 Å². The molecule has 0 fully saturated rings. The van der Waals surface area contributed by atoms with Crippen molar-refractivity contribution in [2.24, 2.45) is 0 Å². The molecule has 66 valence electrons. The monoisotopic (exact) mass is 166 g/mol. The van der Waals surface area contributed by atoms with Crippen molar-refractivity contribution in [2.45, 2.75) is 14.4 Å². The summed E-state index contributed by atoms with van der Waals surface area (Å²) in [6.45, 7) is 1.86. The van der Waals surface area contributed by atoms with E-state index in [-0.39, 0.29) is 13.3 Å². The zero-order valence-corrected chi connectivity index (χ0v) is 6.59. The minimum absolute atomic E-state index is 0. The fraction of sp³-hybridized carbons (Fsp3) is 0.333. The average molecular weight is 166 g/mol. The predicted molar refractivity (Wildman–Crippen MR) is 49.1 cm³/mol. The normalized spacial score (nSPS) is 8.50. The van der Waals surface area contributed by atoms with Crippen LogP contribution in [0.2, 0.25) is 0 Å². The van der Waals surface area contributed by atoms with Gasteiger partial charge in [-0.2, -0.15) is 0 Å². The zero-order chi connectivity index (χ0) is 8.27. The largest absolute Gasteiger partial charge is 0.354 e. The highest BCUT2D eigenvalue weighted by atomic mass is 16.1. The number of amides is 1. The molecular formula is C9H14N2O. The lowest BCUT2D eigenvalue weighted by molar-refractivity contribution is 0.0957. The van der Waals surface area contributed by atoms with Gasteiger partial charge in [0.1, 0.15) is 5.69 Å². The van der Waals surface area contributed by atoms with E-state index in [2.05, 4.69) is 10.3 Å². The van der Waals surface area contributed by atoms with Gasteiger partial charge in [0, 0.05) is 13.2 Å². The second kappa shape index (κ2) is 4.49. The SMILES string of the molecule is C.CNC(=O)c1ncccc1C. The molecule has 3 nitrogen and oxygen atoms in total. The Labute approximate surface area is 72.8 Å². The van der Waals surface area contributed by atoms with Gasteiger partial charge in [-0.1, -0.05) is 13.5 Å². The molecule has 1 aromatic rings. The molecule has 0 aromatic carbocycles. The maximum absolute atomic E-state index is 11.1. The van der Waals surface area contributed by atoms with E-state index in [9.17, 15) is 4.79 Å².